The Morgan fingerprint density at radius 3 is 0.964 bits per heavy atom. The Morgan fingerprint density at radius 2 is 0.607 bits per heavy atom. The quantitative estimate of drug-likeness (QED) is 0.385. The molecule has 0 atom stereocenters. The lowest BCUT2D eigenvalue weighted by molar-refractivity contribution is 1.40. The van der Waals surface area contributed by atoms with Crippen molar-refractivity contribution in [2.75, 3.05) is 0 Å². The fourth-order valence-corrected chi connectivity index (χ4v) is 1.82. The molecule has 0 saturated carbocycles. The molecule has 0 amide bonds. The highest BCUT2D eigenvalue weighted by Crippen LogP contribution is 1.89. The van der Waals surface area contributed by atoms with Crippen LogP contribution in [0.25, 0.3) is 0 Å². The minimum absolute atomic E-state index is 0.866. The zero-order chi connectivity index (χ0) is 19.8. The molecule has 1 rings (SSSR count). The molecule has 28 heavy (non-hydrogen) atoms. The molecule has 0 aromatic heterocycles. The molecule has 140 valence electrons. The van der Waals surface area contributed by atoms with E-state index in [2.05, 4.69) is 11.8 Å². The summed E-state index contributed by atoms with van der Waals surface area (Å²) in [6.07, 6.45) is 52.9. The summed E-state index contributed by atoms with van der Waals surface area (Å²) in [5.41, 5.74) is 3.13. The predicted octanol–water partition coefficient (Wildman–Crippen LogP) is 7.78. The van der Waals surface area contributed by atoms with Crippen LogP contribution in [0.15, 0.2) is 164 Å². The summed E-state index contributed by atoms with van der Waals surface area (Å²) >= 11 is 0. The van der Waals surface area contributed by atoms with Gasteiger partial charge in [0.2, 0.25) is 0 Å². The van der Waals surface area contributed by atoms with Crippen molar-refractivity contribution in [3.63, 3.8) is 0 Å². The summed E-state index contributed by atoms with van der Waals surface area (Å²) < 4.78 is 0. The molecule has 0 aromatic carbocycles. The van der Waals surface area contributed by atoms with Crippen LogP contribution in [0.5, 0.6) is 0 Å². The number of rotatable bonds is 0. The molecule has 0 saturated heterocycles. The van der Waals surface area contributed by atoms with Crippen LogP contribution in [0.1, 0.15) is 6.42 Å². The summed E-state index contributed by atoms with van der Waals surface area (Å²) in [4.78, 5) is 0. The smallest absolute Gasteiger partial charge is 0.00898 e. The average Bonchev–Trinajstić information content (AvgIpc) is 2.71. The second-order valence-electron chi connectivity index (χ2n) is 5.44. The van der Waals surface area contributed by atoms with E-state index in [1.807, 2.05) is 152 Å². The van der Waals surface area contributed by atoms with Gasteiger partial charge >= 0.3 is 0 Å². The maximum absolute atomic E-state index is 3.13. The van der Waals surface area contributed by atoms with Crippen molar-refractivity contribution >= 4 is 0 Å². The Hall–Kier alpha value is -3.60. The van der Waals surface area contributed by atoms with Gasteiger partial charge in [-0.05, 0) is 18.6 Å². The molecule has 1 aliphatic carbocycles. The van der Waals surface area contributed by atoms with Crippen molar-refractivity contribution in [3.05, 3.63) is 164 Å². The molecule has 0 bridgehead atoms. The predicted molar refractivity (Wildman–Crippen MR) is 127 cm³/mol. The van der Waals surface area contributed by atoms with E-state index in [1.54, 1.807) is 0 Å². The van der Waals surface area contributed by atoms with Crippen LogP contribution in [0.4, 0.5) is 0 Å². The largest absolute Gasteiger partial charge is 0.125 e. The Kier molecular flexibility index (Phi) is 15.8. The molecule has 0 aromatic rings. The van der Waals surface area contributed by atoms with Gasteiger partial charge in [-0.15, -0.1) is 5.73 Å². The van der Waals surface area contributed by atoms with Crippen LogP contribution in [-0.4, -0.2) is 0 Å². The van der Waals surface area contributed by atoms with Gasteiger partial charge < -0.3 is 0 Å². The Labute approximate surface area is 170 Å². The monoisotopic (exact) mass is 364 g/mol. The van der Waals surface area contributed by atoms with Gasteiger partial charge in [-0.2, -0.15) is 0 Å². The molecule has 0 unspecified atom stereocenters. The second kappa shape index (κ2) is 19.7. The second-order valence-corrected chi connectivity index (χ2v) is 5.44. The zero-order valence-corrected chi connectivity index (χ0v) is 16.2. The topological polar surface area (TPSA) is 0 Å². The van der Waals surface area contributed by atoms with Crippen molar-refractivity contribution in [3.8, 4) is 0 Å². The maximum atomic E-state index is 3.13. The summed E-state index contributed by atoms with van der Waals surface area (Å²) in [6, 6.07) is 0. The standard InChI is InChI=1S/C28H28/c1-2-4-6-8-10-12-14-16-18-20-22-24-26-28-27-25-23-21-19-17-15-13-11-9-7-5-3-1/h1-25,28H,26H2/b3-1+,4-2-,7-5-,8-6+,11-9+,12-10+,15-13+,16-14+,19-17+,20-18+,23-21+,24-22+. The molecule has 0 radical (unpaired) electrons. The van der Waals surface area contributed by atoms with Crippen LogP contribution >= 0.6 is 0 Å². The van der Waals surface area contributed by atoms with E-state index in [1.165, 1.54) is 0 Å². The highest BCUT2D eigenvalue weighted by Gasteiger charge is 1.68. The Bertz CT molecular complexity index is 813. The molecule has 0 heterocycles. The third-order valence-corrected chi connectivity index (χ3v) is 3.14. The van der Waals surface area contributed by atoms with Crippen LogP contribution in [-0.2, 0) is 0 Å². The van der Waals surface area contributed by atoms with E-state index in [0.29, 0.717) is 0 Å². The van der Waals surface area contributed by atoms with E-state index >= 15 is 0 Å². The fourth-order valence-electron chi connectivity index (χ4n) is 1.82. The third-order valence-electron chi connectivity index (χ3n) is 3.14. The minimum atomic E-state index is 0.866. The normalized spacial score (nSPS) is 29.7. The molecule has 1 aliphatic rings. The van der Waals surface area contributed by atoms with Gasteiger partial charge in [0.15, 0.2) is 0 Å². The van der Waals surface area contributed by atoms with Crippen LogP contribution in [0.3, 0.4) is 0 Å². The van der Waals surface area contributed by atoms with Crippen molar-refractivity contribution in [2.24, 2.45) is 0 Å². The highest BCUT2D eigenvalue weighted by molar-refractivity contribution is 5.23. The van der Waals surface area contributed by atoms with Gasteiger partial charge in [0, 0.05) is 0 Å². The fraction of sp³-hybridized carbons (Fsp3) is 0.0357. The zero-order valence-electron chi connectivity index (χ0n) is 16.2. The Morgan fingerprint density at radius 1 is 0.321 bits per heavy atom. The lowest BCUT2D eigenvalue weighted by Crippen LogP contribution is -1.56. The molecular formula is C28H28. The number of hydrogen-bond donors (Lipinski definition) is 0. The van der Waals surface area contributed by atoms with E-state index in [0.717, 1.165) is 6.42 Å². The summed E-state index contributed by atoms with van der Waals surface area (Å²) in [5.74, 6) is 0. The first-order valence-corrected chi connectivity index (χ1v) is 9.39. The van der Waals surface area contributed by atoms with Crippen LogP contribution in [0.2, 0.25) is 0 Å². The summed E-state index contributed by atoms with van der Waals surface area (Å²) in [5, 5.41) is 0. The number of allylic oxidation sites excluding steroid dienone is 25. The van der Waals surface area contributed by atoms with Crippen molar-refractivity contribution < 1.29 is 0 Å². The molecule has 0 fully saturated rings. The van der Waals surface area contributed by atoms with Crippen LogP contribution in [0, 0.1) is 0 Å². The van der Waals surface area contributed by atoms with Gasteiger partial charge in [-0.3, -0.25) is 0 Å². The first kappa shape index (κ1) is 22.4. The first-order chi connectivity index (χ1) is 14.0. The van der Waals surface area contributed by atoms with E-state index in [4.69, 9.17) is 0 Å². The van der Waals surface area contributed by atoms with Crippen molar-refractivity contribution in [1.29, 1.82) is 0 Å². The van der Waals surface area contributed by atoms with Crippen molar-refractivity contribution in [2.45, 2.75) is 6.42 Å². The van der Waals surface area contributed by atoms with Gasteiger partial charge in [-0.1, -0.05) is 146 Å². The van der Waals surface area contributed by atoms with E-state index in [9.17, 15) is 0 Å². The van der Waals surface area contributed by atoms with Gasteiger partial charge in [-0.25, -0.2) is 0 Å². The molecule has 0 nitrogen and oxygen atoms in total. The van der Waals surface area contributed by atoms with Crippen molar-refractivity contribution in [1.82, 2.24) is 0 Å². The first-order valence-electron chi connectivity index (χ1n) is 9.39. The van der Waals surface area contributed by atoms with Gasteiger partial charge in [0.25, 0.3) is 0 Å². The average molecular weight is 365 g/mol. The molecule has 0 aliphatic heterocycles. The third kappa shape index (κ3) is 17.2. The highest BCUT2D eigenvalue weighted by atomic mass is 13.8. The lowest BCUT2D eigenvalue weighted by Gasteiger charge is -1.77. The van der Waals surface area contributed by atoms with Crippen LogP contribution < -0.4 is 0 Å². The number of hydrogen-bond acceptors (Lipinski definition) is 0. The maximum Gasteiger partial charge on any atom is -0.00898 e. The summed E-state index contributed by atoms with van der Waals surface area (Å²) in [7, 11) is 0. The SMILES string of the molecule is C1=C/C=C/C=C/C=C/C=C/C=C\C=C\C=C/C=C/C=C/C=C/C=C/C=C/CC=1. The van der Waals surface area contributed by atoms with Gasteiger partial charge in [0.05, 0.1) is 0 Å². The molecule has 0 heteroatoms. The minimum Gasteiger partial charge on any atom is -0.125 e. The van der Waals surface area contributed by atoms with E-state index in [-0.39, 0.29) is 0 Å². The summed E-state index contributed by atoms with van der Waals surface area (Å²) in [6.45, 7) is 0. The molecule has 0 N–H and O–H groups in total. The van der Waals surface area contributed by atoms with Gasteiger partial charge in [0.1, 0.15) is 0 Å². The van der Waals surface area contributed by atoms with E-state index < -0.39 is 0 Å². The lowest BCUT2D eigenvalue weighted by atomic mass is 10.3. The molecular weight excluding hydrogens is 336 g/mol. The Balaban J connectivity index is 2.67. The molecule has 0 spiro atoms.